The van der Waals surface area contributed by atoms with Gasteiger partial charge in [0.15, 0.2) is 0 Å². The van der Waals surface area contributed by atoms with E-state index >= 15 is 0 Å². The fraction of sp³-hybridized carbons (Fsp3) is 0. The van der Waals surface area contributed by atoms with E-state index in [-0.39, 0.29) is 22.1 Å². The molecule has 8 heteroatoms. The Morgan fingerprint density at radius 2 is 1.90 bits per heavy atom. The minimum atomic E-state index is -1.11. The second-order valence-electron chi connectivity index (χ2n) is 3.92. The number of aromatic carboxylic acids is 1. The third-order valence-electron chi connectivity index (χ3n) is 2.53. The van der Waals surface area contributed by atoms with E-state index in [4.69, 9.17) is 21.4 Å². The van der Waals surface area contributed by atoms with Crippen molar-refractivity contribution in [3.8, 4) is 11.5 Å². The van der Waals surface area contributed by atoms with Crippen LogP contribution in [0.15, 0.2) is 36.4 Å². The third kappa shape index (κ3) is 3.26. The Morgan fingerprint density at radius 1 is 1.29 bits per heavy atom. The number of hydrogen-bond acceptors (Lipinski definition) is 4. The lowest BCUT2D eigenvalue weighted by molar-refractivity contribution is -0.385. The average Bonchev–Trinajstić information content (AvgIpc) is 2.43. The van der Waals surface area contributed by atoms with E-state index in [2.05, 4.69) is 0 Å². The van der Waals surface area contributed by atoms with Crippen LogP contribution in [0, 0.1) is 15.9 Å². The van der Waals surface area contributed by atoms with E-state index in [1.807, 2.05) is 0 Å². The number of rotatable bonds is 4. The van der Waals surface area contributed by atoms with E-state index in [1.165, 1.54) is 24.3 Å². The molecule has 0 aliphatic rings. The van der Waals surface area contributed by atoms with Gasteiger partial charge in [0.2, 0.25) is 5.75 Å². The number of ether oxygens (including phenoxy) is 1. The minimum Gasteiger partial charge on any atom is -0.478 e. The fourth-order valence-corrected chi connectivity index (χ4v) is 1.69. The van der Waals surface area contributed by atoms with Gasteiger partial charge in [-0.1, -0.05) is 11.6 Å². The van der Waals surface area contributed by atoms with E-state index in [0.29, 0.717) is 6.07 Å². The maximum atomic E-state index is 13.2. The number of hydrogen-bond donors (Lipinski definition) is 1. The minimum absolute atomic E-state index is 0.0361. The number of carbonyl (C=O) groups is 1. The molecule has 0 bridgehead atoms. The highest BCUT2D eigenvalue weighted by atomic mass is 35.5. The van der Waals surface area contributed by atoms with Gasteiger partial charge in [-0.25, -0.2) is 9.18 Å². The zero-order valence-corrected chi connectivity index (χ0v) is 11.0. The average molecular weight is 312 g/mol. The summed E-state index contributed by atoms with van der Waals surface area (Å²) in [5.41, 5.74) is -0.548. The summed E-state index contributed by atoms with van der Waals surface area (Å²) in [6.45, 7) is 0. The summed E-state index contributed by atoms with van der Waals surface area (Å²) in [5.74, 6) is -2.13. The van der Waals surface area contributed by atoms with Crippen molar-refractivity contribution in [1.29, 1.82) is 0 Å². The maximum absolute atomic E-state index is 13.2. The zero-order valence-electron chi connectivity index (χ0n) is 10.2. The Labute approximate surface area is 122 Å². The van der Waals surface area contributed by atoms with E-state index in [0.717, 1.165) is 6.07 Å². The molecule has 0 fully saturated rings. The molecule has 0 radical (unpaired) electrons. The fourth-order valence-electron chi connectivity index (χ4n) is 1.54. The van der Waals surface area contributed by atoms with Gasteiger partial charge in [-0.15, -0.1) is 0 Å². The lowest BCUT2D eigenvalue weighted by Gasteiger charge is -2.07. The van der Waals surface area contributed by atoms with Crippen LogP contribution in [0.5, 0.6) is 11.5 Å². The molecule has 21 heavy (non-hydrogen) atoms. The number of nitro groups is 1. The molecule has 2 rings (SSSR count). The molecule has 0 aliphatic heterocycles. The molecule has 0 spiro atoms. The SMILES string of the molecule is O=C(O)c1ccc(Oc2cc(Cl)c(F)cc2[N+](=O)[O-])cc1. The van der Waals surface area contributed by atoms with Crippen LogP contribution in [-0.2, 0) is 0 Å². The van der Waals surface area contributed by atoms with Crippen LogP contribution < -0.4 is 4.74 Å². The molecule has 0 heterocycles. The Morgan fingerprint density at radius 3 is 2.43 bits per heavy atom. The summed E-state index contributed by atoms with van der Waals surface area (Å²) in [6, 6.07) is 6.83. The number of carboxylic acids is 1. The predicted molar refractivity (Wildman–Crippen MR) is 71.5 cm³/mol. The molecule has 0 amide bonds. The van der Waals surface area contributed by atoms with Gasteiger partial charge in [0, 0.05) is 6.07 Å². The quantitative estimate of drug-likeness (QED) is 0.683. The van der Waals surface area contributed by atoms with Gasteiger partial charge in [0.05, 0.1) is 21.6 Å². The third-order valence-corrected chi connectivity index (χ3v) is 2.82. The van der Waals surface area contributed by atoms with Crippen LogP contribution >= 0.6 is 11.6 Å². The highest BCUT2D eigenvalue weighted by Gasteiger charge is 2.20. The van der Waals surface area contributed by atoms with Crippen molar-refractivity contribution < 1.29 is 24.0 Å². The number of carboxylic acid groups (broad SMARTS) is 1. The molecule has 1 N–H and O–H groups in total. The van der Waals surface area contributed by atoms with Gasteiger partial charge < -0.3 is 9.84 Å². The summed E-state index contributed by atoms with van der Waals surface area (Å²) in [5, 5.41) is 19.3. The molecular formula is C13H7ClFNO5. The van der Waals surface area contributed by atoms with Gasteiger partial charge in [-0.2, -0.15) is 0 Å². The highest BCUT2D eigenvalue weighted by Crippen LogP contribution is 2.35. The van der Waals surface area contributed by atoms with Crippen LogP contribution in [0.4, 0.5) is 10.1 Å². The van der Waals surface area contributed by atoms with Crippen molar-refractivity contribution >= 4 is 23.3 Å². The molecule has 108 valence electrons. The van der Waals surface area contributed by atoms with Gasteiger partial charge in [-0.3, -0.25) is 10.1 Å². The summed E-state index contributed by atoms with van der Waals surface area (Å²) >= 11 is 5.57. The molecule has 0 aromatic heterocycles. The molecule has 0 aliphatic carbocycles. The molecule has 6 nitrogen and oxygen atoms in total. The van der Waals surface area contributed by atoms with Gasteiger partial charge in [-0.05, 0) is 24.3 Å². The molecule has 0 unspecified atom stereocenters. The van der Waals surface area contributed by atoms with Crippen molar-refractivity contribution in [2.75, 3.05) is 0 Å². The summed E-state index contributed by atoms with van der Waals surface area (Å²) in [7, 11) is 0. The van der Waals surface area contributed by atoms with Gasteiger partial charge >= 0.3 is 11.7 Å². The first-order chi connectivity index (χ1) is 9.88. The van der Waals surface area contributed by atoms with Crippen LogP contribution in [0.3, 0.4) is 0 Å². The molecule has 0 saturated heterocycles. The Kier molecular flexibility index (Phi) is 4.04. The number of halogens is 2. The predicted octanol–water partition coefficient (Wildman–Crippen LogP) is 3.88. The molecule has 0 atom stereocenters. The first-order valence-electron chi connectivity index (χ1n) is 5.53. The lowest BCUT2D eigenvalue weighted by Crippen LogP contribution is -1.97. The normalized spacial score (nSPS) is 10.2. The number of benzene rings is 2. The molecule has 2 aromatic rings. The Bertz CT molecular complexity index is 717. The van der Waals surface area contributed by atoms with Crippen LogP contribution in [0.2, 0.25) is 5.02 Å². The standard InChI is InChI=1S/C13H7ClFNO5/c14-9-5-12(11(16(19)20)6-10(9)15)21-8-3-1-7(2-4-8)13(17)18/h1-6H,(H,17,18). The number of nitrogens with zero attached hydrogens (tertiary/aromatic N) is 1. The first kappa shape index (κ1) is 14.7. The van der Waals surface area contributed by atoms with E-state index in [9.17, 15) is 19.3 Å². The smallest absolute Gasteiger partial charge is 0.335 e. The summed E-state index contributed by atoms with van der Waals surface area (Å²) < 4.78 is 18.5. The molecule has 0 saturated carbocycles. The van der Waals surface area contributed by atoms with Crippen molar-refractivity contribution in [3.05, 3.63) is 62.9 Å². The lowest BCUT2D eigenvalue weighted by atomic mass is 10.2. The van der Waals surface area contributed by atoms with Crippen molar-refractivity contribution in [1.82, 2.24) is 0 Å². The monoisotopic (exact) mass is 311 g/mol. The summed E-state index contributed by atoms with van der Waals surface area (Å²) in [4.78, 5) is 20.8. The summed E-state index contributed by atoms with van der Waals surface area (Å²) in [6.07, 6.45) is 0. The second-order valence-corrected chi connectivity index (χ2v) is 4.33. The molecular weight excluding hydrogens is 305 g/mol. The highest BCUT2D eigenvalue weighted by molar-refractivity contribution is 6.31. The van der Waals surface area contributed by atoms with Crippen molar-refractivity contribution in [2.45, 2.75) is 0 Å². The van der Waals surface area contributed by atoms with Gasteiger partial charge in [0.25, 0.3) is 0 Å². The van der Waals surface area contributed by atoms with E-state index < -0.39 is 22.4 Å². The topological polar surface area (TPSA) is 89.7 Å². The Balaban J connectivity index is 2.36. The van der Waals surface area contributed by atoms with Crippen molar-refractivity contribution in [2.24, 2.45) is 0 Å². The van der Waals surface area contributed by atoms with Crippen LogP contribution in [0.25, 0.3) is 0 Å². The Hall–Kier alpha value is -2.67. The maximum Gasteiger partial charge on any atom is 0.335 e. The van der Waals surface area contributed by atoms with Gasteiger partial charge in [0.1, 0.15) is 11.6 Å². The van der Waals surface area contributed by atoms with Crippen LogP contribution in [-0.4, -0.2) is 16.0 Å². The molecule has 2 aromatic carbocycles. The van der Waals surface area contributed by atoms with Crippen LogP contribution in [0.1, 0.15) is 10.4 Å². The number of nitro benzene ring substituents is 1. The van der Waals surface area contributed by atoms with Crippen molar-refractivity contribution in [3.63, 3.8) is 0 Å². The van der Waals surface area contributed by atoms with E-state index in [1.54, 1.807) is 0 Å². The largest absolute Gasteiger partial charge is 0.478 e. The zero-order chi connectivity index (χ0) is 15.6. The first-order valence-corrected chi connectivity index (χ1v) is 5.91. The second kappa shape index (κ2) is 5.76.